The van der Waals surface area contributed by atoms with Crippen molar-refractivity contribution in [2.75, 3.05) is 4.72 Å². The summed E-state index contributed by atoms with van der Waals surface area (Å²) in [6, 6.07) is 12.0. The van der Waals surface area contributed by atoms with E-state index in [0.29, 0.717) is 16.8 Å². The summed E-state index contributed by atoms with van der Waals surface area (Å²) >= 11 is 7.02. The highest BCUT2D eigenvalue weighted by Gasteiger charge is 2.18. The zero-order valence-corrected chi connectivity index (χ0v) is 14.9. The van der Waals surface area contributed by atoms with Gasteiger partial charge in [0.1, 0.15) is 4.99 Å². The van der Waals surface area contributed by atoms with Crippen molar-refractivity contribution in [3.05, 3.63) is 57.2 Å². The highest BCUT2D eigenvalue weighted by molar-refractivity contribution is 14.1. The molecule has 7 heteroatoms. The fourth-order valence-corrected chi connectivity index (χ4v) is 3.80. The third-order valence-electron chi connectivity index (χ3n) is 2.84. The Hall–Kier alpha value is -1.19. The average molecular weight is 432 g/mol. The van der Waals surface area contributed by atoms with Crippen LogP contribution >= 0.6 is 34.8 Å². The normalized spacial score (nSPS) is 11.1. The first-order valence-corrected chi connectivity index (χ1v) is 8.95. The summed E-state index contributed by atoms with van der Waals surface area (Å²) in [7, 11) is -3.69. The quantitative estimate of drug-likeness (QED) is 0.576. The molecule has 2 aromatic carbocycles. The van der Waals surface area contributed by atoms with E-state index >= 15 is 0 Å². The molecule has 110 valence electrons. The van der Waals surface area contributed by atoms with Crippen molar-refractivity contribution in [2.24, 2.45) is 5.73 Å². The Morgan fingerprint density at radius 3 is 2.57 bits per heavy atom. The SMILES string of the molecule is Cc1ccc(C(N)=S)cc1S(=O)(=O)Nc1cccc(I)c1. The minimum Gasteiger partial charge on any atom is -0.389 e. The molecule has 0 atom stereocenters. The predicted molar refractivity (Wildman–Crippen MR) is 97.0 cm³/mol. The van der Waals surface area contributed by atoms with Crippen molar-refractivity contribution in [3.63, 3.8) is 0 Å². The van der Waals surface area contributed by atoms with Gasteiger partial charge in [-0.3, -0.25) is 4.72 Å². The third kappa shape index (κ3) is 3.92. The number of benzene rings is 2. The van der Waals surface area contributed by atoms with Gasteiger partial charge in [0.2, 0.25) is 0 Å². The molecule has 0 aromatic heterocycles. The summed E-state index contributed by atoms with van der Waals surface area (Å²) in [5, 5.41) is 0. The minimum absolute atomic E-state index is 0.167. The van der Waals surface area contributed by atoms with E-state index < -0.39 is 10.0 Å². The first-order valence-electron chi connectivity index (χ1n) is 5.98. The molecule has 0 amide bonds. The Labute approximate surface area is 142 Å². The smallest absolute Gasteiger partial charge is 0.262 e. The summed E-state index contributed by atoms with van der Waals surface area (Å²) in [4.78, 5) is 0.340. The Balaban J connectivity index is 2.44. The van der Waals surface area contributed by atoms with Gasteiger partial charge >= 0.3 is 0 Å². The molecule has 0 unspecified atom stereocenters. The zero-order valence-electron chi connectivity index (χ0n) is 11.1. The van der Waals surface area contributed by atoms with Crippen LogP contribution in [0, 0.1) is 10.5 Å². The number of anilines is 1. The molecular weight excluding hydrogens is 419 g/mol. The van der Waals surface area contributed by atoms with E-state index in [9.17, 15) is 8.42 Å². The summed E-state index contributed by atoms with van der Waals surface area (Å²) in [5.74, 6) is 0. The van der Waals surface area contributed by atoms with Crippen LogP contribution in [0.5, 0.6) is 0 Å². The number of nitrogens with one attached hydrogen (secondary N) is 1. The van der Waals surface area contributed by atoms with Gasteiger partial charge in [0.15, 0.2) is 0 Å². The van der Waals surface area contributed by atoms with Crippen molar-refractivity contribution < 1.29 is 8.42 Å². The van der Waals surface area contributed by atoms with Crippen molar-refractivity contribution >= 4 is 55.5 Å². The number of thiocarbonyl (C=S) groups is 1. The molecule has 0 aliphatic carbocycles. The molecule has 2 aromatic rings. The summed E-state index contributed by atoms with van der Waals surface area (Å²) in [6.07, 6.45) is 0. The maximum Gasteiger partial charge on any atom is 0.262 e. The van der Waals surface area contributed by atoms with E-state index in [1.165, 1.54) is 6.07 Å². The number of hydrogen-bond donors (Lipinski definition) is 2. The van der Waals surface area contributed by atoms with Crippen LogP contribution in [-0.2, 0) is 10.0 Å². The van der Waals surface area contributed by atoms with Crippen molar-refractivity contribution in [1.29, 1.82) is 0 Å². The molecule has 0 heterocycles. The van der Waals surface area contributed by atoms with Gasteiger partial charge in [-0.2, -0.15) is 0 Å². The lowest BCUT2D eigenvalue weighted by Gasteiger charge is -2.12. The number of rotatable bonds is 4. The summed E-state index contributed by atoms with van der Waals surface area (Å²) < 4.78 is 28.5. The number of hydrogen-bond acceptors (Lipinski definition) is 3. The van der Waals surface area contributed by atoms with E-state index in [4.69, 9.17) is 18.0 Å². The van der Waals surface area contributed by atoms with Gasteiger partial charge < -0.3 is 5.73 Å². The summed E-state index contributed by atoms with van der Waals surface area (Å²) in [6.45, 7) is 1.73. The topological polar surface area (TPSA) is 72.2 Å². The van der Waals surface area contributed by atoms with E-state index in [-0.39, 0.29) is 9.88 Å². The van der Waals surface area contributed by atoms with Gasteiger partial charge in [0.25, 0.3) is 10.0 Å². The molecule has 0 bridgehead atoms. The van der Waals surface area contributed by atoms with E-state index in [1.54, 1.807) is 37.3 Å². The Kier molecular flexibility index (Phi) is 4.84. The lowest BCUT2D eigenvalue weighted by molar-refractivity contribution is 0.600. The van der Waals surface area contributed by atoms with Crippen LogP contribution in [0.1, 0.15) is 11.1 Å². The second-order valence-corrected chi connectivity index (χ2v) is 7.80. The van der Waals surface area contributed by atoms with Crippen molar-refractivity contribution in [1.82, 2.24) is 0 Å². The second kappa shape index (κ2) is 6.29. The Morgan fingerprint density at radius 1 is 1.24 bits per heavy atom. The molecule has 0 aliphatic heterocycles. The fourth-order valence-electron chi connectivity index (χ4n) is 1.80. The number of nitrogens with two attached hydrogens (primary N) is 1. The minimum atomic E-state index is -3.69. The molecule has 0 radical (unpaired) electrons. The van der Waals surface area contributed by atoms with E-state index in [2.05, 4.69) is 27.3 Å². The third-order valence-corrected chi connectivity index (χ3v) is 5.27. The van der Waals surface area contributed by atoms with Gasteiger partial charge in [-0.1, -0.05) is 30.4 Å². The van der Waals surface area contributed by atoms with Crippen LogP contribution in [0.4, 0.5) is 5.69 Å². The number of sulfonamides is 1. The Morgan fingerprint density at radius 2 is 1.95 bits per heavy atom. The first-order chi connectivity index (χ1) is 9.79. The van der Waals surface area contributed by atoms with Gasteiger partial charge in [-0.05, 0) is 59.3 Å². The van der Waals surface area contributed by atoms with Crippen LogP contribution in [0.15, 0.2) is 47.4 Å². The molecule has 2 rings (SSSR count). The number of halogens is 1. The lowest BCUT2D eigenvalue weighted by atomic mass is 10.1. The molecule has 0 aliphatic rings. The molecule has 0 saturated carbocycles. The van der Waals surface area contributed by atoms with Gasteiger partial charge in [0.05, 0.1) is 4.90 Å². The standard InChI is InChI=1S/C14H13IN2O2S2/c1-9-5-6-10(14(16)20)7-13(9)21(18,19)17-12-4-2-3-11(15)8-12/h2-8,17H,1H3,(H2,16,20). The molecule has 0 spiro atoms. The molecule has 3 N–H and O–H groups in total. The highest BCUT2D eigenvalue weighted by atomic mass is 127. The molecule has 4 nitrogen and oxygen atoms in total. The van der Waals surface area contributed by atoms with Crippen LogP contribution in [-0.4, -0.2) is 13.4 Å². The number of aryl methyl sites for hydroxylation is 1. The van der Waals surface area contributed by atoms with E-state index in [0.717, 1.165) is 3.57 Å². The second-order valence-electron chi connectivity index (χ2n) is 4.46. The molecule has 21 heavy (non-hydrogen) atoms. The molecule has 0 fully saturated rings. The zero-order chi connectivity index (χ0) is 15.6. The van der Waals surface area contributed by atoms with Crippen molar-refractivity contribution in [3.8, 4) is 0 Å². The van der Waals surface area contributed by atoms with Crippen LogP contribution < -0.4 is 10.5 Å². The van der Waals surface area contributed by atoms with Crippen LogP contribution in [0.3, 0.4) is 0 Å². The summed E-state index contributed by atoms with van der Waals surface area (Å²) in [5.41, 5.74) is 7.24. The van der Waals surface area contributed by atoms with Crippen LogP contribution in [0.25, 0.3) is 0 Å². The van der Waals surface area contributed by atoms with Crippen molar-refractivity contribution in [2.45, 2.75) is 11.8 Å². The van der Waals surface area contributed by atoms with E-state index in [1.807, 2.05) is 6.07 Å². The van der Waals surface area contributed by atoms with Gasteiger partial charge in [0, 0.05) is 14.8 Å². The highest BCUT2D eigenvalue weighted by Crippen LogP contribution is 2.21. The Bertz CT molecular complexity index is 804. The molecule has 0 saturated heterocycles. The predicted octanol–water partition coefficient (Wildman–Crippen LogP) is 3.03. The largest absolute Gasteiger partial charge is 0.389 e. The monoisotopic (exact) mass is 432 g/mol. The van der Waals surface area contributed by atoms with Gasteiger partial charge in [-0.25, -0.2) is 8.42 Å². The first kappa shape index (κ1) is 16.2. The van der Waals surface area contributed by atoms with Crippen LogP contribution in [0.2, 0.25) is 0 Å². The molecular formula is C14H13IN2O2S2. The average Bonchev–Trinajstić information content (AvgIpc) is 2.38. The maximum absolute atomic E-state index is 12.5. The van der Waals surface area contributed by atoms with Gasteiger partial charge in [-0.15, -0.1) is 0 Å². The maximum atomic E-state index is 12.5. The lowest BCUT2D eigenvalue weighted by Crippen LogP contribution is -2.16. The fraction of sp³-hybridized carbons (Fsp3) is 0.0714.